The maximum atomic E-state index is 13.1. The summed E-state index contributed by atoms with van der Waals surface area (Å²) in [6, 6.07) is 3.55. The summed E-state index contributed by atoms with van der Waals surface area (Å²) >= 11 is 5.69. The smallest absolute Gasteiger partial charge is 0.321 e. The highest BCUT2D eigenvalue weighted by Gasteiger charge is 2.28. The topological polar surface area (TPSA) is 118 Å². The maximum absolute atomic E-state index is 13.1. The molecule has 0 radical (unpaired) electrons. The lowest BCUT2D eigenvalue weighted by Gasteiger charge is -2.34. The normalized spacial score (nSPS) is 14.5. The molecule has 11 heteroatoms. The molecular weight excluding hydrogens is 355 g/mol. The number of nitrogen functional groups attached to an aromatic ring is 1. The number of urea groups is 1. The predicted octanol–water partition coefficient (Wildman–Crippen LogP) is 1.43. The van der Waals surface area contributed by atoms with E-state index in [1.165, 1.54) is 28.0 Å². The highest BCUT2D eigenvalue weighted by molar-refractivity contribution is 6.31. The first kappa shape index (κ1) is 17.0. The van der Waals surface area contributed by atoms with E-state index in [4.69, 9.17) is 17.3 Å². The largest absolute Gasteiger partial charge is 0.379 e. The second-order valence-electron chi connectivity index (χ2n) is 5.34. The van der Waals surface area contributed by atoms with Gasteiger partial charge in [0.25, 0.3) is 5.91 Å². The quantitative estimate of drug-likeness (QED) is 0.828. The average molecular weight is 369 g/mol. The van der Waals surface area contributed by atoms with Crippen molar-refractivity contribution in [1.29, 1.82) is 0 Å². The number of benzene rings is 1. The number of hydrogen-bond donors (Lipinski definition) is 2. The zero-order valence-electron chi connectivity index (χ0n) is 12.9. The van der Waals surface area contributed by atoms with Crippen LogP contribution in [-0.4, -0.2) is 58.2 Å². The van der Waals surface area contributed by atoms with Gasteiger partial charge in [-0.05, 0) is 28.5 Å². The van der Waals surface area contributed by atoms with Crippen LogP contribution < -0.4 is 11.1 Å². The van der Waals surface area contributed by atoms with E-state index in [0.29, 0.717) is 31.9 Å². The second kappa shape index (κ2) is 6.93. The summed E-state index contributed by atoms with van der Waals surface area (Å²) in [5.41, 5.74) is 5.85. The van der Waals surface area contributed by atoms with Crippen LogP contribution in [0.4, 0.5) is 20.7 Å². The first-order valence-electron chi connectivity index (χ1n) is 7.34. The molecule has 0 unspecified atom stereocenters. The van der Waals surface area contributed by atoms with Crippen LogP contribution in [0.2, 0.25) is 5.02 Å². The molecule has 1 fully saturated rings. The Bertz CT molecular complexity index is 806. The van der Waals surface area contributed by atoms with Crippen molar-refractivity contribution in [2.45, 2.75) is 0 Å². The Morgan fingerprint density at radius 2 is 1.88 bits per heavy atom. The number of carbonyl (C=O) groups excluding carboxylic acids is 2. The van der Waals surface area contributed by atoms with Gasteiger partial charge >= 0.3 is 6.03 Å². The summed E-state index contributed by atoms with van der Waals surface area (Å²) in [5, 5.41) is 9.40. The Hall–Kier alpha value is -2.88. The Labute approximate surface area is 146 Å². The molecule has 2 aromatic rings. The van der Waals surface area contributed by atoms with Gasteiger partial charge in [0.2, 0.25) is 11.5 Å². The molecule has 1 aromatic carbocycles. The third-order valence-electron chi connectivity index (χ3n) is 3.74. The van der Waals surface area contributed by atoms with Gasteiger partial charge in [-0.2, -0.15) is 0 Å². The van der Waals surface area contributed by atoms with Gasteiger partial charge in [0.15, 0.2) is 0 Å². The number of hydrogen-bond acceptors (Lipinski definition) is 6. The Morgan fingerprint density at radius 1 is 1.20 bits per heavy atom. The Kier molecular flexibility index (Phi) is 4.70. The molecule has 1 saturated heterocycles. The van der Waals surface area contributed by atoms with Crippen molar-refractivity contribution >= 4 is 35.0 Å². The molecule has 0 spiro atoms. The van der Waals surface area contributed by atoms with Gasteiger partial charge in [-0.1, -0.05) is 11.6 Å². The molecule has 132 valence electrons. The van der Waals surface area contributed by atoms with Crippen molar-refractivity contribution < 1.29 is 18.6 Å². The summed E-state index contributed by atoms with van der Waals surface area (Å²) in [6.45, 7) is 1.25. The van der Waals surface area contributed by atoms with E-state index in [-0.39, 0.29) is 22.6 Å². The van der Waals surface area contributed by atoms with E-state index in [9.17, 15) is 14.0 Å². The lowest BCUT2D eigenvalue weighted by atomic mass is 10.2. The SMILES string of the molecule is Nc1nonc1C(=O)N1CCN(C(=O)Nc2ccc(F)c(Cl)c2)CC1. The molecule has 9 nitrogen and oxygen atoms in total. The van der Waals surface area contributed by atoms with E-state index in [0.717, 1.165) is 0 Å². The van der Waals surface area contributed by atoms with Crippen LogP contribution >= 0.6 is 11.6 Å². The number of halogens is 2. The van der Waals surface area contributed by atoms with Gasteiger partial charge in [0.05, 0.1) is 5.02 Å². The van der Waals surface area contributed by atoms with Crippen molar-refractivity contribution in [3.63, 3.8) is 0 Å². The zero-order valence-corrected chi connectivity index (χ0v) is 13.7. The summed E-state index contributed by atoms with van der Waals surface area (Å²) in [6.07, 6.45) is 0. The molecule has 2 heterocycles. The molecule has 1 aliphatic rings. The number of piperazine rings is 1. The number of aromatic nitrogens is 2. The van der Waals surface area contributed by atoms with Gasteiger partial charge in [-0.15, -0.1) is 0 Å². The summed E-state index contributed by atoms with van der Waals surface area (Å²) in [7, 11) is 0. The lowest BCUT2D eigenvalue weighted by molar-refractivity contribution is 0.0661. The minimum absolute atomic E-state index is 0.0427. The number of nitrogens with one attached hydrogen (secondary N) is 1. The molecule has 25 heavy (non-hydrogen) atoms. The first-order chi connectivity index (χ1) is 12.0. The fourth-order valence-electron chi connectivity index (χ4n) is 2.38. The number of rotatable bonds is 2. The first-order valence-corrected chi connectivity index (χ1v) is 7.72. The monoisotopic (exact) mass is 368 g/mol. The standard InChI is InChI=1S/C14H14ClFN6O3/c15-9-7-8(1-2-10(9)16)18-14(24)22-5-3-21(4-6-22)13(23)11-12(17)20-25-19-11/h1-2,7H,3-6H2,(H2,17,20)(H,18,24). The average Bonchev–Trinajstić information content (AvgIpc) is 3.03. The fraction of sp³-hybridized carbons (Fsp3) is 0.286. The van der Waals surface area contributed by atoms with Crippen LogP contribution in [0, 0.1) is 5.82 Å². The highest BCUT2D eigenvalue weighted by atomic mass is 35.5. The highest BCUT2D eigenvalue weighted by Crippen LogP contribution is 2.20. The third kappa shape index (κ3) is 3.63. The van der Waals surface area contributed by atoms with Crippen molar-refractivity contribution in [3.05, 3.63) is 34.7 Å². The van der Waals surface area contributed by atoms with E-state index in [2.05, 4.69) is 20.3 Å². The lowest BCUT2D eigenvalue weighted by Crippen LogP contribution is -2.51. The number of carbonyl (C=O) groups is 2. The van der Waals surface area contributed by atoms with Crippen molar-refractivity contribution in [3.8, 4) is 0 Å². The zero-order chi connectivity index (χ0) is 18.0. The summed E-state index contributed by atoms with van der Waals surface area (Å²) in [4.78, 5) is 27.5. The molecule has 3 rings (SSSR count). The van der Waals surface area contributed by atoms with E-state index in [1.807, 2.05) is 0 Å². The van der Waals surface area contributed by atoms with Gasteiger partial charge in [-0.25, -0.2) is 13.8 Å². The van der Waals surface area contributed by atoms with Crippen molar-refractivity contribution in [1.82, 2.24) is 20.1 Å². The Morgan fingerprint density at radius 3 is 2.48 bits per heavy atom. The van der Waals surface area contributed by atoms with Crippen molar-refractivity contribution in [2.24, 2.45) is 0 Å². The van der Waals surface area contributed by atoms with Gasteiger partial charge in [0.1, 0.15) is 5.82 Å². The van der Waals surface area contributed by atoms with E-state index in [1.54, 1.807) is 0 Å². The summed E-state index contributed by atoms with van der Waals surface area (Å²) < 4.78 is 17.6. The third-order valence-corrected chi connectivity index (χ3v) is 4.03. The molecule has 0 aliphatic carbocycles. The van der Waals surface area contributed by atoms with Gasteiger partial charge < -0.3 is 20.9 Å². The molecule has 0 bridgehead atoms. The van der Waals surface area contributed by atoms with E-state index < -0.39 is 11.7 Å². The number of anilines is 2. The molecule has 0 atom stereocenters. The van der Waals surface area contributed by atoms with Crippen LogP contribution in [0.1, 0.15) is 10.5 Å². The van der Waals surface area contributed by atoms with Crippen molar-refractivity contribution in [2.75, 3.05) is 37.2 Å². The number of nitrogens with zero attached hydrogens (tertiary/aromatic N) is 4. The van der Waals surface area contributed by atoms with Gasteiger partial charge in [-0.3, -0.25) is 4.79 Å². The van der Waals surface area contributed by atoms with Crippen LogP contribution in [0.15, 0.2) is 22.8 Å². The summed E-state index contributed by atoms with van der Waals surface area (Å²) in [5.74, 6) is -1.03. The maximum Gasteiger partial charge on any atom is 0.321 e. The number of nitrogens with two attached hydrogens (primary N) is 1. The van der Waals surface area contributed by atoms with Crippen LogP contribution in [0.5, 0.6) is 0 Å². The molecule has 1 aliphatic heterocycles. The minimum Gasteiger partial charge on any atom is -0.379 e. The molecule has 1 aromatic heterocycles. The Balaban J connectivity index is 1.56. The van der Waals surface area contributed by atoms with Crippen LogP contribution in [0.25, 0.3) is 0 Å². The molecule has 0 saturated carbocycles. The fourth-order valence-corrected chi connectivity index (χ4v) is 2.56. The number of amides is 3. The predicted molar refractivity (Wildman–Crippen MR) is 86.6 cm³/mol. The van der Waals surface area contributed by atoms with Crippen LogP contribution in [-0.2, 0) is 0 Å². The second-order valence-corrected chi connectivity index (χ2v) is 5.74. The van der Waals surface area contributed by atoms with Gasteiger partial charge in [0, 0.05) is 31.9 Å². The van der Waals surface area contributed by atoms with Crippen LogP contribution in [0.3, 0.4) is 0 Å². The molecule has 3 amide bonds. The molecule has 3 N–H and O–H groups in total. The van der Waals surface area contributed by atoms with E-state index >= 15 is 0 Å². The minimum atomic E-state index is -0.562. The molecular formula is C14H14ClFN6O3.